The van der Waals surface area contributed by atoms with Gasteiger partial charge in [0.05, 0.1) is 23.8 Å². The average molecular weight is 442 g/mol. The number of nitrogens with zero attached hydrogens (tertiary/aromatic N) is 2. The quantitative estimate of drug-likeness (QED) is 0.274. The van der Waals surface area contributed by atoms with Gasteiger partial charge in [0.1, 0.15) is 16.4 Å². The number of esters is 1. The zero-order chi connectivity index (χ0) is 21.3. The Kier molecular flexibility index (Phi) is 5.76. The molecule has 0 saturated heterocycles. The van der Waals surface area contributed by atoms with Crippen molar-refractivity contribution < 1.29 is 18.8 Å². The van der Waals surface area contributed by atoms with E-state index in [0.29, 0.717) is 32.5 Å². The fourth-order valence-corrected chi connectivity index (χ4v) is 4.79. The highest BCUT2D eigenvalue weighted by molar-refractivity contribution is 7.90. The molecule has 0 amide bonds. The van der Waals surface area contributed by atoms with Crippen molar-refractivity contribution in [2.24, 2.45) is 0 Å². The van der Waals surface area contributed by atoms with E-state index in [1.807, 2.05) is 19.2 Å². The number of H-pyrrole nitrogens is 1. The molecule has 1 atom stereocenters. The number of nitrogens with one attached hydrogen (secondary N) is 1. The Morgan fingerprint density at radius 1 is 1.30 bits per heavy atom. The standard InChI is InChI=1S/C21H19N3O4S2/c1-12-10-22-17(13(2)19(12)27-3)11-30(26)21-23-15-7-6-14(9-16(15)24-21)28-20(25)18-5-4-8-29-18/h4-10H,11H2,1-3H3,(H,23,24). The Morgan fingerprint density at radius 2 is 2.13 bits per heavy atom. The fraction of sp³-hybridized carbons (Fsp3) is 0.190. The van der Waals surface area contributed by atoms with E-state index in [1.165, 1.54) is 11.3 Å². The maximum atomic E-state index is 12.9. The predicted octanol–water partition coefficient (Wildman–Crippen LogP) is 4.17. The second-order valence-electron chi connectivity index (χ2n) is 6.62. The molecule has 9 heteroatoms. The molecule has 0 bridgehead atoms. The summed E-state index contributed by atoms with van der Waals surface area (Å²) in [5, 5.41) is 2.16. The van der Waals surface area contributed by atoms with Crippen LogP contribution in [-0.4, -0.2) is 32.6 Å². The van der Waals surface area contributed by atoms with E-state index in [4.69, 9.17) is 9.47 Å². The number of rotatable bonds is 6. The van der Waals surface area contributed by atoms with Crippen LogP contribution in [0.25, 0.3) is 11.0 Å². The van der Waals surface area contributed by atoms with E-state index in [9.17, 15) is 9.35 Å². The number of carbonyl (C=O) groups is 1. The van der Waals surface area contributed by atoms with Crippen molar-refractivity contribution in [1.82, 2.24) is 15.0 Å². The van der Waals surface area contributed by atoms with Crippen LogP contribution in [0.3, 0.4) is 0 Å². The number of ether oxygens (including phenoxy) is 2. The van der Waals surface area contributed by atoms with Gasteiger partial charge < -0.3 is 14.0 Å². The van der Waals surface area contributed by atoms with E-state index in [0.717, 1.165) is 16.9 Å². The van der Waals surface area contributed by atoms with Crippen molar-refractivity contribution in [3.05, 3.63) is 63.6 Å². The van der Waals surface area contributed by atoms with E-state index in [2.05, 4.69) is 15.0 Å². The van der Waals surface area contributed by atoms with Crippen LogP contribution < -0.4 is 9.47 Å². The lowest BCUT2D eigenvalue weighted by Gasteiger charge is -2.13. The first-order chi connectivity index (χ1) is 14.5. The van der Waals surface area contributed by atoms with Crippen LogP contribution in [0, 0.1) is 13.8 Å². The van der Waals surface area contributed by atoms with Crippen LogP contribution in [0.2, 0.25) is 0 Å². The maximum Gasteiger partial charge on any atom is 0.353 e. The second kappa shape index (κ2) is 8.47. The Balaban J connectivity index is 1.54. The van der Waals surface area contributed by atoms with Crippen molar-refractivity contribution in [2.45, 2.75) is 24.8 Å². The zero-order valence-corrected chi connectivity index (χ0v) is 18.2. The summed E-state index contributed by atoms with van der Waals surface area (Å²) in [4.78, 5) is 24.6. The van der Waals surface area contributed by atoms with Crippen LogP contribution in [0.1, 0.15) is 26.5 Å². The average Bonchev–Trinajstić information content (AvgIpc) is 3.40. The van der Waals surface area contributed by atoms with Gasteiger partial charge in [0, 0.05) is 34.6 Å². The number of hydrogen-bond acceptors (Lipinski definition) is 7. The first-order valence-electron chi connectivity index (χ1n) is 9.09. The van der Waals surface area contributed by atoms with Crippen LogP contribution in [-0.2, 0) is 16.9 Å². The van der Waals surface area contributed by atoms with Crippen molar-refractivity contribution in [3.8, 4) is 11.5 Å². The number of thiophene rings is 1. The minimum absolute atomic E-state index is 0.211. The van der Waals surface area contributed by atoms with Gasteiger partial charge in [-0.25, -0.2) is 4.79 Å². The van der Waals surface area contributed by atoms with E-state index < -0.39 is 17.1 Å². The number of aromatic amines is 1. The Hall–Kier alpha value is -2.88. The normalized spacial score (nSPS) is 12.1. The van der Waals surface area contributed by atoms with Crippen molar-refractivity contribution >= 4 is 39.5 Å². The summed E-state index contributed by atoms with van der Waals surface area (Å²) in [6.45, 7) is 3.82. The number of fused-ring (bicyclic) bond motifs is 1. The highest BCUT2D eigenvalue weighted by Crippen LogP contribution is 2.27. The van der Waals surface area contributed by atoms with Crippen LogP contribution in [0.5, 0.6) is 11.5 Å². The predicted molar refractivity (Wildman–Crippen MR) is 116 cm³/mol. The number of aryl methyl sites for hydroxylation is 1. The molecule has 1 unspecified atom stereocenters. The number of hydrogen-bond donors (Lipinski definition) is 1. The monoisotopic (exact) mass is 441 g/mol. The smallest absolute Gasteiger partial charge is 0.353 e. The number of pyridine rings is 1. The van der Waals surface area contributed by atoms with E-state index in [-0.39, 0.29) is 5.75 Å². The first kappa shape index (κ1) is 20.4. The van der Waals surface area contributed by atoms with Gasteiger partial charge in [-0.1, -0.05) is 6.07 Å². The number of benzene rings is 1. The topological polar surface area (TPSA) is 100 Å². The van der Waals surface area contributed by atoms with Gasteiger partial charge in [-0.15, -0.1) is 11.3 Å². The zero-order valence-electron chi connectivity index (χ0n) is 16.6. The van der Waals surface area contributed by atoms with E-state index in [1.54, 1.807) is 43.6 Å². The van der Waals surface area contributed by atoms with Crippen molar-refractivity contribution in [1.29, 1.82) is 0 Å². The Labute approximate surface area is 180 Å². The summed E-state index contributed by atoms with van der Waals surface area (Å²) in [7, 11) is 1.61. The lowest BCUT2D eigenvalue weighted by Crippen LogP contribution is -2.10. The summed E-state index contributed by atoms with van der Waals surface area (Å²) in [5.74, 6) is 0.922. The molecule has 7 nitrogen and oxygen atoms in total. The molecule has 0 aliphatic heterocycles. The molecule has 0 fully saturated rings. The van der Waals surface area contributed by atoms with Gasteiger partial charge in [-0.05, 0) is 37.4 Å². The molecular formula is C21H19N3O4S2. The van der Waals surface area contributed by atoms with Gasteiger partial charge in [0.25, 0.3) is 0 Å². The molecule has 4 rings (SSSR count). The van der Waals surface area contributed by atoms with Gasteiger partial charge in [-0.3, -0.25) is 9.97 Å². The SMILES string of the molecule is COc1c(C)cnc(C[S+]([O-])c2nc3cc(OC(=O)c4cccs4)ccc3[nH]2)c1C. The maximum absolute atomic E-state index is 12.9. The lowest BCUT2D eigenvalue weighted by molar-refractivity contribution is 0.0740. The van der Waals surface area contributed by atoms with Crippen molar-refractivity contribution in [2.75, 3.05) is 7.11 Å². The highest BCUT2D eigenvalue weighted by Gasteiger charge is 2.21. The molecule has 0 radical (unpaired) electrons. The lowest BCUT2D eigenvalue weighted by atomic mass is 10.1. The summed E-state index contributed by atoms with van der Waals surface area (Å²) < 4.78 is 23.7. The first-order valence-corrected chi connectivity index (χ1v) is 11.3. The molecule has 3 heterocycles. The largest absolute Gasteiger partial charge is 0.609 e. The number of methoxy groups -OCH3 is 1. The third kappa shape index (κ3) is 4.04. The molecule has 154 valence electrons. The molecule has 1 N–H and O–H groups in total. The number of imidazole rings is 1. The Bertz CT molecular complexity index is 1200. The third-order valence-corrected chi connectivity index (χ3v) is 6.61. The molecule has 4 aromatic rings. The van der Waals surface area contributed by atoms with Gasteiger partial charge in [0.2, 0.25) is 0 Å². The van der Waals surface area contributed by atoms with E-state index >= 15 is 0 Å². The molecule has 1 aromatic carbocycles. The second-order valence-corrected chi connectivity index (χ2v) is 8.94. The molecule has 3 aromatic heterocycles. The van der Waals surface area contributed by atoms with Gasteiger partial charge >= 0.3 is 11.1 Å². The summed E-state index contributed by atoms with van der Waals surface area (Å²) in [6, 6.07) is 8.57. The summed E-state index contributed by atoms with van der Waals surface area (Å²) in [6.07, 6.45) is 1.71. The van der Waals surface area contributed by atoms with Crippen LogP contribution >= 0.6 is 11.3 Å². The molecule has 30 heavy (non-hydrogen) atoms. The van der Waals surface area contributed by atoms with Gasteiger partial charge in [0.15, 0.2) is 5.75 Å². The molecule has 0 aliphatic rings. The summed E-state index contributed by atoms with van der Waals surface area (Å²) in [5.41, 5.74) is 3.77. The van der Waals surface area contributed by atoms with Gasteiger partial charge in [-0.2, -0.15) is 4.98 Å². The molecule has 0 aliphatic carbocycles. The molecule has 0 spiro atoms. The summed E-state index contributed by atoms with van der Waals surface area (Å²) >= 11 is -0.111. The van der Waals surface area contributed by atoms with Crippen LogP contribution in [0.4, 0.5) is 0 Å². The number of aromatic nitrogens is 3. The third-order valence-electron chi connectivity index (χ3n) is 4.60. The minimum atomic E-state index is -1.43. The molecular weight excluding hydrogens is 422 g/mol. The Morgan fingerprint density at radius 3 is 2.87 bits per heavy atom. The minimum Gasteiger partial charge on any atom is -0.609 e. The molecule has 0 saturated carbocycles. The van der Waals surface area contributed by atoms with Crippen LogP contribution in [0.15, 0.2) is 47.1 Å². The number of carbonyl (C=O) groups excluding carboxylic acids is 1. The fourth-order valence-electron chi connectivity index (χ4n) is 3.09. The van der Waals surface area contributed by atoms with Crippen molar-refractivity contribution in [3.63, 3.8) is 0 Å². The highest BCUT2D eigenvalue weighted by atomic mass is 32.2.